The van der Waals surface area contributed by atoms with E-state index in [0.717, 1.165) is 23.4 Å². The Morgan fingerprint density at radius 3 is 2.09 bits per heavy atom. The molecule has 0 heterocycles. The molecule has 0 aliphatic carbocycles. The Balaban J connectivity index is 1.54. The van der Waals surface area contributed by atoms with Gasteiger partial charge in [0.05, 0.1) is 7.11 Å². The number of benzene rings is 4. The van der Waals surface area contributed by atoms with Crippen LogP contribution in [-0.4, -0.2) is 27.5 Å². The van der Waals surface area contributed by atoms with E-state index >= 15 is 0 Å². The van der Waals surface area contributed by atoms with E-state index in [1.54, 1.807) is 18.2 Å². The van der Waals surface area contributed by atoms with Crippen LogP contribution >= 0.6 is 0 Å². The van der Waals surface area contributed by atoms with Crippen LogP contribution in [0.25, 0.3) is 10.8 Å². The molecular weight excluding hydrogens is 468 g/mol. The lowest BCUT2D eigenvalue weighted by atomic mass is 10.1. The molecule has 178 valence electrons. The molecule has 4 aromatic carbocycles. The van der Waals surface area contributed by atoms with Crippen molar-refractivity contribution in [2.45, 2.75) is 11.8 Å². The molecule has 4 rings (SSSR count). The number of urea groups is 1. The predicted octanol–water partition coefficient (Wildman–Crippen LogP) is 5.35. The summed E-state index contributed by atoms with van der Waals surface area (Å²) in [4.78, 5) is 24.8. The lowest BCUT2D eigenvalue weighted by molar-refractivity contribution is 0.0599. The number of fused-ring (bicyclic) bond motifs is 1. The Morgan fingerprint density at radius 2 is 1.40 bits per heavy atom. The van der Waals surface area contributed by atoms with Gasteiger partial charge in [0.1, 0.15) is 10.5 Å². The van der Waals surface area contributed by atoms with E-state index in [2.05, 4.69) is 10.6 Å². The second kappa shape index (κ2) is 9.86. The molecule has 0 unspecified atom stereocenters. The Bertz CT molecular complexity index is 1510. The van der Waals surface area contributed by atoms with Crippen molar-refractivity contribution >= 4 is 44.3 Å². The van der Waals surface area contributed by atoms with Crippen LogP contribution in [0.3, 0.4) is 0 Å². The molecule has 0 aliphatic heterocycles. The molecule has 4 aromatic rings. The van der Waals surface area contributed by atoms with Crippen molar-refractivity contribution in [1.29, 1.82) is 0 Å². The van der Waals surface area contributed by atoms with E-state index in [1.165, 1.54) is 30.3 Å². The fourth-order valence-corrected chi connectivity index (χ4v) is 4.33. The molecule has 8 nitrogen and oxygen atoms in total. The molecule has 0 saturated heterocycles. The lowest BCUT2D eigenvalue weighted by Crippen LogP contribution is -2.20. The number of nitrogens with one attached hydrogen (secondary N) is 2. The van der Waals surface area contributed by atoms with E-state index in [-0.39, 0.29) is 21.9 Å². The molecule has 0 bridgehead atoms. The number of carbonyl (C=O) groups is 2. The van der Waals surface area contributed by atoms with Crippen LogP contribution in [0.5, 0.6) is 5.75 Å². The van der Waals surface area contributed by atoms with Gasteiger partial charge in [0.25, 0.3) is 0 Å². The van der Waals surface area contributed by atoms with Crippen molar-refractivity contribution in [3.63, 3.8) is 0 Å². The molecule has 0 atom stereocenters. The number of rotatable bonds is 6. The van der Waals surface area contributed by atoms with Gasteiger partial charge in [-0.05, 0) is 60.2 Å². The second-order valence-electron chi connectivity index (χ2n) is 7.69. The van der Waals surface area contributed by atoms with Crippen LogP contribution in [0.1, 0.15) is 15.9 Å². The van der Waals surface area contributed by atoms with E-state index in [1.807, 2.05) is 43.3 Å². The zero-order chi connectivity index (χ0) is 25.0. The summed E-state index contributed by atoms with van der Waals surface area (Å²) in [6, 6.07) is 22.8. The summed E-state index contributed by atoms with van der Waals surface area (Å²) < 4.78 is 35.4. The highest BCUT2D eigenvalue weighted by atomic mass is 32.2. The molecule has 0 saturated carbocycles. The molecule has 2 N–H and O–H groups in total. The maximum absolute atomic E-state index is 12.7. The van der Waals surface area contributed by atoms with E-state index in [4.69, 9.17) is 8.92 Å². The van der Waals surface area contributed by atoms with Gasteiger partial charge in [0, 0.05) is 11.4 Å². The highest BCUT2D eigenvalue weighted by Gasteiger charge is 2.22. The quantitative estimate of drug-likeness (QED) is 0.279. The third-order valence-corrected chi connectivity index (χ3v) is 6.41. The van der Waals surface area contributed by atoms with Gasteiger partial charge in [-0.2, -0.15) is 8.42 Å². The number of methoxy groups -OCH3 is 1. The van der Waals surface area contributed by atoms with Gasteiger partial charge >= 0.3 is 22.1 Å². The summed E-state index contributed by atoms with van der Waals surface area (Å²) in [5, 5.41) is 7.36. The molecule has 9 heteroatoms. The number of esters is 1. The third-order valence-electron chi connectivity index (χ3n) is 5.16. The number of hydrogen-bond donors (Lipinski definition) is 2. The minimum Gasteiger partial charge on any atom is -0.465 e. The molecule has 0 fully saturated rings. The van der Waals surface area contributed by atoms with Crippen molar-refractivity contribution in [1.82, 2.24) is 0 Å². The number of hydrogen-bond acceptors (Lipinski definition) is 6. The van der Waals surface area contributed by atoms with Gasteiger partial charge in [-0.25, -0.2) is 9.59 Å². The van der Waals surface area contributed by atoms with Crippen LogP contribution in [0.4, 0.5) is 16.2 Å². The fourth-order valence-electron chi connectivity index (χ4n) is 3.38. The highest BCUT2D eigenvalue weighted by Crippen LogP contribution is 2.27. The minimum atomic E-state index is -4.20. The molecule has 0 aromatic heterocycles. The molecular formula is C26H22N2O6S. The summed E-state index contributed by atoms with van der Waals surface area (Å²) in [6.45, 7) is 1.83. The van der Waals surface area contributed by atoms with Gasteiger partial charge in [-0.15, -0.1) is 0 Å². The first-order valence-electron chi connectivity index (χ1n) is 10.6. The number of ether oxygens (including phenoxy) is 1. The maximum Gasteiger partial charge on any atom is 0.341 e. The van der Waals surface area contributed by atoms with Gasteiger partial charge in [0.2, 0.25) is 0 Å². The van der Waals surface area contributed by atoms with Crippen molar-refractivity contribution in [2.75, 3.05) is 17.7 Å². The van der Waals surface area contributed by atoms with E-state index < -0.39 is 22.1 Å². The van der Waals surface area contributed by atoms with Crippen LogP contribution in [0.15, 0.2) is 89.8 Å². The smallest absolute Gasteiger partial charge is 0.341 e. The lowest BCUT2D eigenvalue weighted by Gasteiger charge is -2.13. The summed E-state index contributed by atoms with van der Waals surface area (Å²) >= 11 is 0. The van der Waals surface area contributed by atoms with Crippen LogP contribution in [-0.2, 0) is 14.9 Å². The molecule has 2 amide bonds. The van der Waals surface area contributed by atoms with Gasteiger partial charge in [0.15, 0.2) is 5.75 Å². The Kier molecular flexibility index (Phi) is 6.70. The summed E-state index contributed by atoms with van der Waals surface area (Å²) in [5.41, 5.74) is 1.55. The Labute approximate surface area is 202 Å². The summed E-state index contributed by atoms with van der Waals surface area (Å²) in [5.74, 6) is -1.05. The fraction of sp³-hybridized carbons (Fsp3) is 0.0769. The second-order valence-corrected chi connectivity index (χ2v) is 9.24. The van der Waals surface area contributed by atoms with Crippen LogP contribution in [0, 0.1) is 6.92 Å². The molecule has 35 heavy (non-hydrogen) atoms. The van der Waals surface area contributed by atoms with Gasteiger partial charge in [-0.1, -0.05) is 48.0 Å². The standard InChI is InChI=1S/C26H22N2O6S/c1-17-7-12-22(13-8-17)35(31,32)34-24-14-11-21(16-23(24)25(29)33-2)28-26(30)27-20-10-9-18-5-3-4-6-19(18)15-20/h3-16H,1-2H3,(H2,27,28,30). The van der Waals surface area contributed by atoms with Gasteiger partial charge < -0.3 is 19.6 Å². The number of carbonyl (C=O) groups excluding carboxylic acids is 2. The van der Waals surface area contributed by atoms with Crippen LogP contribution in [0.2, 0.25) is 0 Å². The molecule has 0 spiro atoms. The normalized spacial score (nSPS) is 11.0. The topological polar surface area (TPSA) is 111 Å². The maximum atomic E-state index is 12.7. The number of anilines is 2. The van der Waals surface area contributed by atoms with E-state index in [9.17, 15) is 18.0 Å². The first-order valence-corrected chi connectivity index (χ1v) is 12.0. The Morgan fingerprint density at radius 1 is 0.771 bits per heavy atom. The van der Waals surface area contributed by atoms with Crippen molar-refractivity contribution in [3.05, 3.63) is 96.1 Å². The van der Waals surface area contributed by atoms with Crippen molar-refractivity contribution in [2.24, 2.45) is 0 Å². The Hall–Kier alpha value is -4.37. The van der Waals surface area contributed by atoms with Crippen molar-refractivity contribution in [3.8, 4) is 5.75 Å². The predicted molar refractivity (Wildman–Crippen MR) is 133 cm³/mol. The van der Waals surface area contributed by atoms with E-state index in [0.29, 0.717) is 5.69 Å². The first kappa shape index (κ1) is 23.8. The van der Waals surface area contributed by atoms with Gasteiger partial charge in [-0.3, -0.25) is 0 Å². The number of aryl methyl sites for hydroxylation is 1. The highest BCUT2D eigenvalue weighted by molar-refractivity contribution is 7.87. The first-order chi connectivity index (χ1) is 16.7. The van der Waals surface area contributed by atoms with Crippen LogP contribution < -0.4 is 14.8 Å². The average Bonchev–Trinajstić information content (AvgIpc) is 2.84. The minimum absolute atomic E-state index is 0.0594. The SMILES string of the molecule is COC(=O)c1cc(NC(=O)Nc2ccc3ccccc3c2)ccc1OS(=O)(=O)c1ccc(C)cc1. The molecule has 0 aliphatic rings. The number of amides is 2. The third kappa shape index (κ3) is 5.59. The average molecular weight is 491 g/mol. The monoisotopic (exact) mass is 490 g/mol. The summed E-state index contributed by atoms with van der Waals surface area (Å²) in [7, 11) is -3.04. The summed E-state index contributed by atoms with van der Waals surface area (Å²) in [6.07, 6.45) is 0. The van der Waals surface area contributed by atoms with Crippen molar-refractivity contribution < 1.29 is 26.9 Å². The largest absolute Gasteiger partial charge is 0.465 e. The molecule has 0 radical (unpaired) electrons. The zero-order valence-electron chi connectivity index (χ0n) is 18.9. The zero-order valence-corrected chi connectivity index (χ0v) is 19.8.